The number of nitrogens with one attached hydrogen (secondary N) is 1. The SMILES string of the molecule is CCC(C)C(C)(O)CNCc1cn(C)nc1-c1cccs1. The van der Waals surface area contributed by atoms with E-state index in [2.05, 4.69) is 35.7 Å². The molecule has 0 saturated heterocycles. The van der Waals surface area contributed by atoms with Gasteiger partial charge in [-0.2, -0.15) is 5.10 Å². The molecule has 0 spiro atoms. The van der Waals surface area contributed by atoms with Crippen LogP contribution in [0.25, 0.3) is 10.6 Å². The molecule has 2 atom stereocenters. The van der Waals surface area contributed by atoms with E-state index < -0.39 is 5.60 Å². The number of aromatic nitrogens is 2. The fourth-order valence-corrected chi connectivity index (χ4v) is 3.10. The van der Waals surface area contributed by atoms with E-state index in [9.17, 15) is 5.11 Å². The highest BCUT2D eigenvalue weighted by Gasteiger charge is 2.26. The van der Waals surface area contributed by atoms with Crippen LogP contribution in [0.5, 0.6) is 0 Å². The lowest BCUT2D eigenvalue weighted by Crippen LogP contribution is -2.42. The van der Waals surface area contributed by atoms with E-state index >= 15 is 0 Å². The van der Waals surface area contributed by atoms with Crippen LogP contribution in [-0.4, -0.2) is 27.0 Å². The lowest BCUT2D eigenvalue weighted by Gasteiger charge is -2.29. The average Bonchev–Trinajstić information content (AvgIpc) is 3.06. The minimum absolute atomic E-state index is 0.274. The Morgan fingerprint density at radius 1 is 1.52 bits per heavy atom. The monoisotopic (exact) mass is 307 g/mol. The van der Waals surface area contributed by atoms with Crippen molar-refractivity contribution >= 4 is 11.3 Å². The first-order chi connectivity index (χ1) is 9.94. The van der Waals surface area contributed by atoms with Crippen molar-refractivity contribution in [2.75, 3.05) is 6.54 Å². The van der Waals surface area contributed by atoms with Gasteiger partial charge in [-0.15, -0.1) is 11.3 Å². The third-order valence-electron chi connectivity index (χ3n) is 4.13. The quantitative estimate of drug-likeness (QED) is 0.826. The number of hydrogen-bond acceptors (Lipinski definition) is 4. The Kier molecular flexibility index (Phi) is 5.19. The molecule has 2 rings (SSSR count). The lowest BCUT2D eigenvalue weighted by molar-refractivity contribution is 0.00535. The molecular formula is C16H25N3OS. The van der Waals surface area contributed by atoms with Gasteiger partial charge in [-0.1, -0.05) is 26.3 Å². The highest BCUT2D eigenvalue weighted by Crippen LogP contribution is 2.26. The van der Waals surface area contributed by atoms with Crippen LogP contribution in [0.4, 0.5) is 0 Å². The van der Waals surface area contributed by atoms with Crippen LogP contribution < -0.4 is 5.32 Å². The summed E-state index contributed by atoms with van der Waals surface area (Å²) in [4.78, 5) is 1.18. The zero-order valence-electron chi connectivity index (χ0n) is 13.3. The summed E-state index contributed by atoms with van der Waals surface area (Å²) in [5.74, 6) is 0.274. The molecule has 21 heavy (non-hydrogen) atoms. The number of rotatable bonds is 7. The molecule has 0 fully saturated rings. The Labute approximate surface area is 130 Å². The van der Waals surface area contributed by atoms with E-state index in [1.54, 1.807) is 11.3 Å². The van der Waals surface area contributed by atoms with Crippen molar-refractivity contribution in [3.63, 3.8) is 0 Å². The maximum absolute atomic E-state index is 10.4. The Bertz CT molecular complexity index is 560. The van der Waals surface area contributed by atoms with Gasteiger partial charge in [0.25, 0.3) is 0 Å². The summed E-state index contributed by atoms with van der Waals surface area (Å²) < 4.78 is 1.85. The fraction of sp³-hybridized carbons (Fsp3) is 0.562. The Balaban J connectivity index is 2.01. The van der Waals surface area contributed by atoms with Gasteiger partial charge in [0.05, 0.1) is 10.5 Å². The van der Waals surface area contributed by atoms with Crippen molar-refractivity contribution in [2.24, 2.45) is 13.0 Å². The second-order valence-corrected chi connectivity index (χ2v) is 6.87. The maximum Gasteiger partial charge on any atom is 0.107 e. The second kappa shape index (κ2) is 6.73. The summed E-state index contributed by atoms with van der Waals surface area (Å²) in [7, 11) is 1.94. The zero-order valence-corrected chi connectivity index (χ0v) is 14.1. The minimum atomic E-state index is -0.681. The van der Waals surface area contributed by atoms with Gasteiger partial charge in [0, 0.05) is 31.9 Å². The molecule has 2 N–H and O–H groups in total. The molecule has 116 valence electrons. The summed E-state index contributed by atoms with van der Waals surface area (Å²) in [5.41, 5.74) is 1.52. The van der Waals surface area contributed by atoms with Crippen molar-refractivity contribution in [1.82, 2.24) is 15.1 Å². The van der Waals surface area contributed by atoms with Crippen molar-refractivity contribution in [2.45, 2.75) is 39.3 Å². The number of aryl methyl sites for hydroxylation is 1. The van der Waals surface area contributed by atoms with E-state index in [4.69, 9.17) is 0 Å². The molecule has 0 aliphatic carbocycles. The first-order valence-electron chi connectivity index (χ1n) is 7.43. The standard InChI is InChI=1S/C16H25N3OS/c1-5-12(2)16(3,20)11-17-9-13-10-19(4)18-15(13)14-7-6-8-21-14/h6-8,10,12,17,20H,5,9,11H2,1-4H3. The normalized spacial score (nSPS) is 15.9. The molecule has 0 saturated carbocycles. The summed E-state index contributed by atoms with van der Waals surface area (Å²) in [6, 6.07) is 4.13. The van der Waals surface area contributed by atoms with Gasteiger partial charge in [0.1, 0.15) is 5.69 Å². The molecule has 0 aliphatic heterocycles. The molecule has 5 heteroatoms. The molecule has 2 unspecified atom stereocenters. The van der Waals surface area contributed by atoms with Gasteiger partial charge in [-0.05, 0) is 24.3 Å². The highest BCUT2D eigenvalue weighted by molar-refractivity contribution is 7.13. The van der Waals surface area contributed by atoms with Crippen molar-refractivity contribution in [3.8, 4) is 10.6 Å². The fourth-order valence-electron chi connectivity index (χ4n) is 2.35. The predicted molar refractivity (Wildman–Crippen MR) is 88.3 cm³/mol. The van der Waals surface area contributed by atoms with Gasteiger partial charge in [0.15, 0.2) is 0 Å². The third-order valence-corrected chi connectivity index (χ3v) is 5.01. The van der Waals surface area contributed by atoms with E-state index in [-0.39, 0.29) is 5.92 Å². The molecule has 0 bridgehead atoms. The Morgan fingerprint density at radius 2 is 2.29 bits per heavy atom. The second-order valence-electron chi connectivity index (χ2n) is 5.92. The minimum Gasteiger partial charge on any atom is -0.389 e. The topological polar surface area (TPSA) is 50.1 Å². The molecule has 0 aromatic carbocycles. The van der Waals surface area contributed by atoms with Gasteiger partial charge < -0.3 is 10.4 Å². The van der Waals surface area contributed by atoms with Gasteiger partial charge >= 0.3 is 0 Å². The molecular weight excluding hydrogens is 282 g/mol. The number of nitrogens with zero attached hydrogens (tertiary/aromatic N) is 2. The molecule has 2 heterocycles. The largest absolute Gasteiger partial charge is 0.389 e. The highest BCUT2D eigenvalue weighted by atomic mass is 32.1. The first kappa shape index (κ1) is 16.2. The average molecular weight is 307 g/mol. The van der Waals surface area contributed by atoms with Crippen LogP contribution in [0.15, 0.2) is 23.7 Å². The van der Waals surface area contributed by atoms with Crippen LogP contribution in [-0.2, 0) is 13.6 Å². The predicted octanol–water partition coefficient (Wildman–Crippen LogP) is 3.04. The molecule has 2 aromatic rings. The van der Waals surface area contributed by atoms with Crippen molar-refractivity contribution in [1.29, 1.82) is 0 Å². The molecule has 4 nitrogen and oxygen atoms in total. The van der Waals surface area contributed by atoms with Crippen LogP contribution in [0.1, 0.15) is 32.8 Å². The zero-order chi connectivity index (χ0) is 15.5. The van der Waals surface area contributed by atoms with E-state index in [1.165, 1.54) is 10.4 Å². The summed E-state index contributed by atoms with van der Waals surface area (Å²) in [6.45, 7) is 7.39. The van der Waals surface area contributed by atoms with Gasteiger partial charge in [-0.25, -0.2) is 0 Å². The summed E-state index contributed by atoms with van der Waals surface area (Å²) >= 11 is 1.70. The molecule has 2 aromatic heterocycles. The molecule has 0 aliphatic rings. The van der Waals surface area contributed by atoms with Crippen molar-refractivity contribution in [3.05, 3.63) is 29.3 Å². The molecule has 0 amide bonds. The summed E-state index contributed by atoms with van der Waals surface area (Å²) in [6.07, 6.45) is 3.02. The van der Waals surface area contributed by atoms with E-state index in [0.29, 0.717) is 13.1 Å². The number of aliphatic hydroxyl groups is 1. The lowest BCUT2D eigenvalue weighted by atomic mass is 9.88. The molecule has 0 radical (unpaired) electrons. The van der Waals surface area contributed by atoms with E-state index in [1.807, 2.05) is 30.9 Å². The van der Waals surface area contributed by atoms with Gasteiger partial charge in [0.2, 0.25) is 0 Å². The van der Waals surface area contributed by atoms with E-state index in [0.717, 1.165) is 12.1 Å². The number of thiophene rings is 1. The Hall–Kier alpha value is -1.17. The van der Waals surface area contributed by atoms with Crippen LogP contribution in [0.3, 0.4) is 0 Å². The number of hydrogen-bond donors (Lipinski definition) is 2. The third kappa shape index (κ3) is 3.93. The van der Waals surface area contributed by atoms with Gasteiger partial charge in [-0.3, -0.25) is 4.68 Å². The van der Waals surface area contributed by atoms with Crippen LogP contribution in [0, 0.1) is 5.92 Å². The van der Waals surface area contributed by atoms with Crippen LogP contribution >= 0.6 is 11.3 Å². The van der Waals surface area contributed by atoms with Crippen LogP contribution in [0.2, 0.25) is 0 Å². The van der Waals surface area contributed by atoms with Crippen molar-refractivity contribution < 1.29 is 5.11 Å². The summed E-state index contributed by atoms with van der Waals surface area (Å²) in [5, 5.41) is 20.4. The Morgan fingerprint density at radius 3 is 2.90 bits per heavy atom. The first-order valence-corrected chi connectivity index (χ1v) is 8.31. The maximum atomic E-state index is 10.4. The smallest absolute Gasteiger partial charge is 0.107 e.